The van der Waals surface area contributed by atoms with Crippen LogP contribution < -0.4 is 0 Å². The second-order valence-electron chi connectivity index (χ2n) is 6.00. The predicted molar refractivity (Wildman–Crippen MR) is 77.3 cm³/mol. The van der Waals surface area contributed by atoms with Crippen LogP contribution in [0.2, 0.25) is 10.0 Å². The Bertz CT molecular complexity index is 421. The van der Waals surface area contributed by atoms with Crippen molar-refractivity contribution in [1.29, 1.82) is 0 Å². The molecular formula is C15H20Cl2O. The van der Waals surface area contributed by atoms with Gasteiger partial charge in [0.15, 0.2) is 0 Å². The van der Waals surface area contributed by atoms with Crippen molar-refractivity contribution in [3.63, 3.8) is 0 Å². The van der Waals surface area contributed by atoms with Gasteiger partial charge in [-0.1, -0.05) is 43.1 Å². The van der Waals surface area contributed by atoms with Crippen molar-refractivity contribution in [1.82, 2.24) is 0 Å². The number of rotatable bonds is 2. The van der Waals surface area contributed by atoms with E-state index >= 15 is 0 Å². The zero-order valence-electron chi connectivity index (χ0n) is 10.9. The van der Waals surface area contributed by atoms with Gasteiger partial charge in [0.1, 0.15) is 0 Å². The molecule has 0 heterocycles. The Morgan fingerprint density at radius 3 is 2.33 bits per heavy atom. The molecule has 1 nitrogen and oxygen atoms in total. The highest BCUT2D eigenvalue weighted by molar-refractivity contribution is 6.42. The van der Waals surface area contributed by atoms with Gasteiger partial charge in [-0.25, -0.2) is 0 Å². The van der Waals surface area contributed by atoms with Crippen molar-refractivity contribution in [3.05, 3.63) is 33.8 Å². The first-order chi connectivity index (χ1) is 8.38. The van der Waals surface area contributed by atoms with Crippen molar-refractivity contribution in [2.24, 2.45) is 11.8 Å². The Labute approximate surface area is 119 Å². The minimum Gasteiger partial charge on any atom is -0.390 e. The third kappa shape index (κ3) is 3.40. The van der Waals surface area contributed by atoms with E-state index in [9.17, 15) is 5.11 Å². The molecule has 3 heteroatoms. The molecule has 1 aliphatic rings. The van der Waals surface area contributed by atoms with Crippen molar-refractivity contribution in [2.45, 2.75) is 45.1 Å². The number of aliphatic hydroxyl groups is 1. The summed E-state index contributed by atoms with van der Waals surface area (Å²) in [4.78, 5) is 0. The molecule has 2 unspecified atom stereocenters. The van der Waals surface area contributed by atoms with Crippen LogP contribution in [-0.2, 0) is 6.42 Å². The predicted octanol–water partition coefficient (Wildman–Crippen LogP) is 4.72. The molecule has 0 spiro atoms. The average molecular weight is 287 g/mol. The summed E-state index contributed by atoms with van der Waals surface area (Å²) in [6.45, 7) is 4.44. The highest BCUT2D eigenvalue weighted by Crippen LogP contribution is 2.38. The van der Waals surface area contributed by atoms with Gasteiger partial charge in [-0.05, 0) is 48.8 Å². The Morgan fingerprint density at radius 1 is 1.17 bits per heavy atom. The number of halogens is 2. The van der Waals surface area contributed by atoms with E-state index in [1.165, 1.54) is 6.42 Å². The zero-order chi connectivity index (χ0) is 13.3. The fourth-order valence-electron chi connectivity index (χ4n) is 3.41. The van der Waals surface area contributed by atoms with Gasteiger partial charge in [0.2, 0.25) is 0 Å². The quantitative estimate of drug-likeness (QED) is 0.834. The van der Waals surface area contributed by atoms with Gasteiger partial charge in [-0.2, -0.15) is 0 Å². The van der Waals surface area contributed by atoms with Gasteiger partial charge < -0.3 is 5.11 Å². The van der Waals surface area contributed by atoms with E-state index in [-0.39, 0.29) is 0 Å². The molecular weight excluding hydrogens is 267 g/mol. The Balaban J connectivity index is 2.13. The van der Waals surface area contributed by atoms with Crippen molar-refractivity contribution in [2.75, 3.05) is 0 Å². The van der Waals surface area contributed by atoms with E-state index in [0.717, 1.165) is 18.4 Å². The Kier molecular flexibility index (Phi) is 4.25. The van der Waals surface area contributed by atoms with Crippen LogP contribution in [0.25, 0.3) is 0 Å². The lowest BCUT2D eigenvalue weighted by Gasteiger charge is -2.39. The smallest absolute Gasteiger partial charge is 0.0693 e. The van der Waals surface area contributed by atoms with Crippen LogP contribution in [0.5, 0.6) is 0 Å². The topological polar surface area (TPSA) is 20.2 Å². The first kappa shape index (κ1) is 14.2. The first-order valence-corrected chi connectivity index (χ1v) is 7.30. The molecule has 18 heavy (non-hydrogen) atoms. The molecule has 1 fully saturated rings. The SMILES string of the molecule is CC1CC(C)CC(O)(Cc2ccc(Cl)c(Cl)c2)C1. The second kappa shape index (κ2) is 5.40. The largest absolute Gasteiger partial charge is 0.390 e. The van der Waals surface area contributed by atoms with Crippen LogP contribution in [0.15, 0.2) is 18.2 Å². The third-order valence-electron chi connectivity index (χ3n) is 3.78. The Hall–Kier alpha value is -0.240. The third-order valence-corrected chi connectivity index (χ3v) is 4.52. The molecule has 100 valence electrons. The van der Waals surface area contributed by atoms with Gasteiger partial charge in [0.25, 0.3) is 0 Å². The maximum absolute atomic E-state index is 10.7. The second-order valence-corrected chi connectivity index (χ2v) is 6.82. The van der Waals surface area contributed by atoms with Gasteiger partial charge in [-0.3, -0.25) is 0 Å². The van der Waals surface area contributed by atoms with Crippen LogP contribution in [0.3, 0.4) is 0 Å². The molecule has 0 bridgehead atoms. The lowest BCUT2D eigenvalue weighted by Crippen LogP contribution is -2.39. The van der Waals surface area contributed by atoms with E-state index in [1.54, 1.807) is 6.07 Å². The summed E-state index contributed by atoms with van der Waals surface area (Å²) in [6.07, 6.45) is 3.62. The summed E-state index contributed by atoms with van der Waals surface area (Å²) < 4.78 is 0. The number of hydrogen-bond acceptors (Lipinski definition) is 1. The normalized spacial score (nSPS) is 32.5. The minimum atomic E-state index is -0.589. The van der Waals surface area contributed by atoms with Crippen LogP contribution in [0, 0.1) is 11.8 Å². The standard InChI is InChI=1S/C15H20Cl2O/c1-10-5-11(2)8-15(18,7-10)9-12-3-4-13(16)14(17)6-12/h3-4,6,10-11,18H,5,7-9H2,1-2H3. The summed E-state index contributed by atoms with van der Waals surface area (Å²) in [6, 6.07) is 5.63. The van der Waals surface area contributed by atoms with E-state index in [0.29, 0.717) is 28.3 Å². The fourth-order valence-corrected chi connectivity index (χ4v) is 3.73. The zero-order valence-corrected chi connectivity index (χ0v) is 12.4. The minimum absolute atomic E-state index is 0.565. The average Bonchev–Trinajstić information content (AvgIpc) is 2.21. The highest BCUT2D eigenvalue weighted by atomic mass is 35.5. The first-order valence-electron chi connectivity index (χ1n) is 6.54. The molecule has 1 N–H and O–H groups in total. The van der Waals surface area contributed by atoms with E-state index in [2.05, 4.69) is 13.8 Å². The van der Waals surface area contributed by atoms with Crippen LogP contribution in [0.1, 0.15) is 38.7 Å². The van der Waals surface area contributed by atoms with Gasteiger partial charge in [-0.15, -0.1) is 0 Å². The summed E-state index contributed by atoms with van der Waals surface area (Å²) >= 11 is 11.9. The molecule has 1 aliphatic carbocycles. The molecule has 0 aliphatic heterocycles. The van der Waals surface area contributed by atoms with Crippen molar-refractivity contribution < 1.29 is 5.11 Å². The molecule has 2 rings (SSSR count). The lowest BCUT2D eigenvalue weighted by atomic mass is 9.71. The van der Waals surface area contributed by atoms with Gasteiger partial charge in [0.05, 0.1) is 15.6 Å². The van der Waals surface area contributed by atoms with Crippen LogP contribution in [0.4, 0.5) is 0 Å². The van der Waals surface area contributed by atoms with E-state index in [1.807, 2.05) is 12.1 Å². The summed E-state index contributed by atoms with van der Waals surface area (Å²) in [7, 11) is 0. The van der Waals surface area contributed by atoms with Crippen LogP contribution in [-0.4, -0.2) is 10.7 Å². The van der Waals surface area contributed by atoms with Crippen molar-refractivity contribution in [3.8, 4) is 0 Å². The summed E-state index contributed by atoms with van der Waals surface area (Å²) in [5, 5.41) is 11.9. The number of benzene rings is 1. The molecule has 0 aromatic heterocycles. The molecule has 1 saturated carbocycles. The van der Waals surface area contributed by atoms with Crippen LogP contribution >= 0.6 is 23.2 Å². The molecule has 0 amide bonds. The maximum Gasteiger partial charge on any atom is 0.0693 e. The van der Waals surface area contributed by atoms with Gasteiger partial charge >= 0.3 is 0 Å². The number of hydrogen-bond donors (Lipinski definition) is 1. The van der Waals surface area contributed by atoms with Crippen molar-refractivity contribution >= 4 is 23.2 Å². The molecule has 2 atom stereocenters. The fraction of sp³-hybridized carbons (Fsp3) is 0.600. The Morgan fingerprint density at radius 2 is 1.78 bits per heavy atom. The van der Waals surface area contributed by atoms with Gasteiger partial charge in [0, 0.05) is 6.42 Å². The van der Waals surface area contributed by atoms with E-state index in [4.69, 9.17) is 23.2 Å². The molecule has 1 aromatic carbocycles. The monoisotopic (exact) mass is 286 g/mol. The lowest BCUT2D eigenvalue weighted by molar-refractivity contribution is -0.0304. The van der Waals surface area contributed by atoms with E-state index < -0.39 is 5.60 Å². The molecule has 0 radical (unpaired) electrons. The summed E-state index contributed by atoms with van der Waals surface area (Å²) in [5.74, 6) is 1.17. The molecule has 0 saturated heterocycles. The highest BCUT2D eigenvalue weighted by Gasteiger charge is 2.36. The molecule has 1 aromatic rings. The summed E-state index contributed by atoms with van der Waals surface area (Å²) in [5.41, 5.74) is 0.474. The maximum atomic E-state index is 10.7.